The molecule has 2 aliphatic rings. The summed E-state index contributed by atoms with van der Waals surface area (Å²) in [5.74, 6) is 1.64. The van der Waals surface area contributed by atoms with E-state index in [0.717, 1.165) is 26.1 Å². The highest BCUT2D eigenvalue weighted by molar-refractivity contribution is 5.82. The van der Waals surface area contributed by atoms with E-state index < -0.39 is 0 Å². The predicted octanol–water partition coefficient (Wildman–Crippen LogP) is 2.25. The second-order valence-corrected chi connectivity index (χ2v) is 6.29. The summed E-state index contributed by atoms with van der Waals surface area (Å²) in [5, 5.41) is 3.42. The minimum absolute atomic E-state index is 0.221. The number of hydrogen-bond acceptors (Lipinski definition) is 2. The van der Waals surface area contributed by atoms with E-state index in [0.29, 0.717) is 17.7 Å². The highest BCUT2D eigenvalue weighted by atomic mass is 16.2. The molecule has 3 unspecified atom stereocenters. The Morgan fingerprint density at radius 3 is 2.85 bits per heavy atom. The Kier molecular flexibility index (Phi) is 4.06. The number of nitrogens with one attached hydrogen (secondary N) is 1. The van der Waals surface area contributed by atoms with Crippen LogP contribution in [0.1, 0.15) is 30.7 Å². The van der Waals surface area contributed by atoms with E-state index in [1.54, 1.807) is 0 Å². The van der Waals surface area contributed by atoms with E-state index in [9.17, 15) is 4.79 Å². The first-order valence-electron chi connectivity index (χ1n) is 7.76. The summed E-state index contributed by atoms with van der Waals surface area (Å²) < 4.78 is 0. The van der Waals surface area contributed by atoms with E-state index in [4.69, 9.17) is 0 Å². The molecule has 2 fully saturated rings. The summed E-state index contributed by atoms with van der Waals surface area (Å²) in [6, 6.07) is 10.4. The normalized spacial score (nSPS) is 28.9. The van der Waals surface area contributed by atoms with Crippen molar-refractivity contribution in [3.05, 3.63) is 35.9 Å². The van der Waals surface area contributed by atoms with Crippen LogP contribution in [-0.4, -0.2) is 37.5 Å². The number of nitrogens with zero attached hydrogens (tertiary/aromatic N) is 1. The van der Waals surface area contributed by atoms with Gasteiger partial charge in [0.25, 0.3) is 0 Å². The minimum atomic E-state index is 0.221. The number of hydrogen-bond donors (Lipinski definition) is 1. The molecule has 0 spiro atoms. The fourth-order valence-corrected chi connectivity index (χ4v) is 3.38. The number of piperidine rings is 1. The van der Waals surface area contributed by atoms with Crippen LogP contribution < -0.4 is 5.32 Å². The van der Waals surface area contributed by atoms with Gasteiger partial charge >= 0.3 is 0 Å². The Bertz CT molecular complexity index is 453. The number of carbonyl (C=O) groups excluding carboxylic acids is 1. The molecule has 3 heteroatoms. The summed E-state index contributed by atoms with van der Waals surface area (Å²) in [7, 11) is 1.97. The lowest BCUT2D eigenvalue weighted by Crippen LogP contribution is -2.39. The van der Waals surface area contributed by atoms with Crippen LogP contribution >= 0.6 is 0 Å². The van der Waals surface area contributed by atoms with Gasteiger partial charge in [-0.1, -0.05) is 30.3 Å². The highest BCUT2D eigenvalue weighted by Crippen LogP contribution is 2.48. The third-order valence-electron chi connectivity index (χ3n) is 4.64. The largest absolute Gasteiger partial charge is 0.345 e. The lowest BCUT2D eigenvalue weighted by Gasteiger charge is -2.27. The van der Waals surface area contributed by atoms with Gasteiger partial charge in [-0.25, -0.2) is 0 Å². The van der Waals surface area contributed by atoms with Crippen LogP contribution in [0, 0.1) is 11.8 Å². The monoisotopic (exact) mass is 272 g/mol. The van der Waals surface area contributed by atoms with E-state index in [1.165, 1.54) is 18.4 Å². The lowest BCUT2D eigenvalue weighted by atomic mass is 9.99. The van der Waals surface area contributed by atoms with Gasteiger partial charge in [0.05, 0.1) is 0 Å². The Morgan fingerprint density at radius 2 is 2.15 bits per heavy atom. The molecule has 108 valence electrons. The lowest BCUT2D eigenvalue weighted by molar-refractivity contribution is -0.132. The zero-order valence-corrected chi connectivity index (χ0v) is 12.2. The average molecular weight is 272 g/mol. The van der Waals surface area contributed by atoms with Crippen LogP contribution in [0.2, 0.25) is 0 Å². The zero-order valence-electron chi connectivity index (χ0n) is 12.2. The smallest absolute Gasteiger partial charge is 0.226 e. The molecule has 0 radical (unpaired) electrons. The highest BCUT2D eigenvalue weighted by Gasteiger charge is 2.45. The molecular formula is C17H24N2O. The van der Waals surface area contributed by atoms with E-state index in [2.05, 4.69) is 29.6 Å². The van der Waals surface area contributed by atoms with Crippen molar-refractivity contribution in [3.8, 4) is 0 Å². The molecule has 1 amide bonds. The number of rotatable bonds is 4. The van der Waals surface area contributed by atoms with Crippen LogP contribution in [0.4, 0.5) is 0 Å². The number of carbonyl (C=O) groups is 1. The van der Waals surface area contributed by atoms with E-state index >= 15 is 0 Å². The maximum atomic E-state index is 12.5. The van der Waals surface area contributed by atoms with Crippen molar-refractivity contribution in [1.82, 2.24) is 10.2 Å². The molecule has 3 rings (SSSR count). The van der Waals surface area contributed by atoms with Gasteiger partial charge in [-0.3, -0.25) is 4.79 Å². The van der Waals surface area contributed by atoms with E-state index in [1.807, 2.05) is 18.0 Å². The Morgan fingerprint density at radius 1 is 1.35 bits per heavy atom. The molecule has 1 saturated carbocycles. The molecule has 0 bridgehead atoms. The van der Waals surface area contributed by atoms with Crippen molar-refractivity contribution in [2.45, 2.75) is 25.2 Å². The van der Waals surface area contributed by atoms with Crippen molar-refractivity contribution >= 4 is 5.91 Å². The Balaban J connectivity index is 1.52. The summed E-state index contributed by atoms with van der Waals surface area (Å²) in [6.45, 7) is 3.10. The van der Waals surface area contributed by atoms with Crippen LogP contribution in [0.25, 0.3) is 0 Å². The average Bonchev–Trinajstić information content (AvgIpc) is 3.29. The van der Waals surface area contributed by atoms with Crippen molar-refractivity contribution in [3.63, 3.8) is 0 Å². The van der Waals surface area contributed by atoms with Crippen LogP contribution in [-0.2, 0) is 4.79 Å². The molecule has 3 nitrogen and oxygen atoms in total. The molecule has 1 saturated heterocycles. The second-order valence-electron chi connectivity index (χ2n) is 6.29. The quantitative estimate of drug-likeness (QED) is 0.912. The molecule has 3 atom stereocenters. The van der Waals surface area contributed by atoms with Gasteiger partial charge in [-0.05, 0) is 49.8 Å². The molecule has 1 aliphatic heterocycles. The third-order valence-corrected chi connectivity index (χ3v) is 4.64. The van der Waals surface area contributed by atoms with Crippen LogP contribution in [0.3, 0.4) is 0 Å². The first-order valence-corrected chi connectivity index (χ1v) is 7.76. The van der Waals surface area contributed by atoms with Crippen molar-refractivity contribution in [1.29, 1.82) is 0 Å². The number of benzene rings is 1. The summed E-state index contributed by atoms with van der Waals surface area (Å²) in [6.07, 6.45) is 3.51. The zero-order chi connectivity index (χ0) is 13.9. The molecule has 1 aromatic carbocycles. The summed E-state index contributed by atoms with van der Waals surface area (Å²) in [4.78, 5) is 14.4. The van der Waals surface area contributed by atoms with Crippen molar-refractivity contribution in [2.24, 2.45) is 11.8 Å². The fraction of sp³-hybridized carbons (Fsp3) is 0.588. The van der Waals surface area contributed by atoms with Crippen molar-refractivity contribution < 1.29 is 4.79 Å². The molecule has 20 heavy (non-hydrogen) atoms. The first kappa shape index (κ1) is 13.6. The van der Waals surface area contributed by atoms with Crippen LogP contribution in [0.15, 0.2) is 30.3 Å². The predicted molar refractivity (Wildman–Crippen MR) is 80.5 cm³/mol. The second kappa shape index (κ2) is 5.96. The molecule has 1 aromatic rings. The standard InChI is InChI=1S/C17H24N2O/c1-19(12-13-6-5-9-18-11-13)17(20)16-10-15(16)14-7-3-2-4-8-14/h2-4,7-8,13,15-16,18H,5-6,9-12H2,1H3. The van der Waals surface area contributed by atoms with E-state index in [-0.39, 0.29) is 5.92 Å². The maximum Gasteiger partial charge on any atom is 0.226 e. The molecule has 0 aromatic heterocycles. The molecule has 1 heterocycles. The molecular weight excluding hydrogens is 248 g/mol. The third kappa shape index (κ3) is 3.04. The molecule has 1 N–H and O–H groups in total. The maximum absolute atomic E-state index is 12.5. The van der Waals surface area contributed by atoms with Crippen molar-refractivity contribution in [2.75, 3.05) is 26.7 Å². The van der Waals surface area contributed by atoms with Gasteiger partial charge in [-0.2, -0.15) is 0 Å². The van der Waals surface area contributed by atoms with Gasteiger partial charge in [0.15, 0.2) is 0 Å². The number of amides is 1. The SMILES string of the molecule is CN(CC1CCCNC1)C(=O)C1CC1c1ccccc1. The Hall–Kier alpha value is -1.35. The van der Waals surface area contributed by atoms with Gasteiger partial charge in [0, 0.05) is 19.5 Å². The van der Waals surface area contributed by atoms with Gasteiger partial charge in [-0.15, -0.1) is 0 Å². The first-order chi connectivity index (χ1) is 9.75. The van der Waals surface area contributed by atoms with Crippen LogP contribution in [0.5, 0.6) is 0 Å². The topological polar surface area (TPSA) is 32.3 Å². The Labute approximate surface area is 121 Å². The summed E-state index contributed by atoms with van der Waals surface area (Å²) in [5.41, 5.74) is 1.32. The minimum Gasteiger partial charge on any atom is -0.345 e. The van der Waals surface area contributed by atoms with Gasteiger partial charge < -0.3 is 10.2 Å². The fourth-order valence-electron chi connectivity index (χ4n) is 3.38. The molecule has 1 aliphatic carbocycles. The summed E-state index contributed by atoms with van der Waals surface area (Å²) >= 11 is 0. The van der Waals surface area contributed by atoms with Gasteiger partial charge in [0.1, 0.15) is 0 Å². The van der Waals surface area contributed by atoms with Gasteiger partial charge in [0.2, 0.25) is 5.91 Å².